The highest BCUT2D eigenvalue weighted by molar-refractivity contribution is 14.1. The number of phenolic OH excluding ortho intramolecular Hbond substituents is 1. The minimum Gasteiger partial charge on any atom is -0.507 e. The van der Waals surface area contributed by atoms with Crippen LogP contribution in [0.2, 0.25) is 0 Å². The van der Waals surface area contributed by atoms with E-state index in [2.05, 4.69) is 66.5 Å². The van der Waals surface area contributed by atoms with Gasteiger partial charge in [-0.15, -0.1) is 0 Å². The smallest absolute Gasteiger partial charge is 0.142 e. The molecule has 0 radical (unpaired) electrons. The summed E-state index contributed by atoms with van der Waals surface area (Å²) < 4.78 is 1.10. The Kier molecular flexibility index (Phi) is 4.98. The number of aromatic amines is 1. The number of H-pyrrole nitrogens is 1. The van der Waals surface area contributed by atoms with Crippen molar-refractivity contribution in [1.29, 1.82) is 0 Å². The molecular weight excluding hydrogens is 501 g/mol. The average Bonchev–Trinajstić information content (AvgIpc) is 3.24. The lowest BCUT2D eigenvalue weighted by Crippen LogP contribution is -2.45. The Morgan fingerprint density at radius 3 is 2.58 bits per heavy atom. The van der Waals surface area contributed by atoms with E-state index < -0.39 is 0 Å². The highest BCUT2D eigenvalue weighted by Crippen LogP contribution is 2.45. The second kappa shape index (κ2) is 7.85. The first kappa shape index (κ1) is 19.7. The molecule has 3 aliphatic heterocycles. The van der Waals surface area contributed by atoms with Gasteiger partial charge in [-0.3, -0.25) is 4.90 Å². The molecule has 31 heavy (non-hydrogen) atoms. The third-order valence-electron chi connectivity index (χ3n) is 7.12. The normalized spacial score (nSPS) is 19.1. The number of halogens is 1. The molecule has 6 nitrogen and oxygen atoms in total. The van der Waals surface area contributed by atoms with E-state index in [1.54, 1.807) is 0 Å². The molecule has 162 valence electrons. The van der Waals surface area contributed by atoms with Crippen LogP contribution in [0.15, 0.2) is 24.3 Å². The van der Waals surface area contributed by atoms with Gasteiger partial charge in [0.1, 0.15) is 11.6 Å². The molecule has 0 aliphatic carbocycles. The number of aryl methyl sites for hydroxylation is 1. The number of hydrogen-bond donors (Lipinski definition) is 2. The molecule has 0 unspecified atom stereocenters. The van der Waals surface area contributed by atoms with Crippen molar-refractivity contribution in [3.63, 3.8) is 0 Å². The Balaban J connectivity index is 1.36. The Morgan fingerprint density at radius 2 is 1.77 bits per heavy atom. The first-order valence-electron chi connectivity index (χ1n) is 11.4. The predicted octanol–water partition coefficient (Wildman–Crippen LogP) is 4.15. The standard InChI is InChI=1S/C24H28IN5O/c25-15-28-9-11-29(12-10-28)17-5-6-20-21(14-17)27-24(26-20)19-13-16-3-1-7-30-8-2-4-18(22(16)30)23(19)31/h5-6,13-14,31H,1-4,7-12,15H2,(H,26,27). The zero-order chi connectivity index (χ0) is 20.9. The lowest BCUT2D eigenvalue weighted by molar-refractivity contribution is 0.307. The predicted molar refractivity (Wildman–Crippen MR) is 135 cm³/mol. The minimum atomic E-state index is 0.416. The first-order chi connectivity index (χ1) is 15.2. The van der Waals surface area contributed by atoms with Crippen LogP contribution in [0.25, 0.3) is 22.4 Å². The number of fused-ring (bicyclic) bond motifs is 1. The maximum atomic E-state index is 11.2. The van der Waals surface area contributed by atoms with Crippen molar-refractivity contribution >= 4 is 45.0 Å². The lowest BCUT2D eigenvalue weighted by atomic mass is 9.89. The Morgan fingerprint density at radius 1 is 0.968 bits per heavy atom. The molecule has 2 N–H and O–H groups in total. The molecule has 0 spiro atoms. The molecular formula is C24H28IN5O. The van der Waals surface area contributed by atoms with Gasteiger partial charge in [-0.05, 0) is 55.5 Å². The van der Waals surface area contributed by atoms with Gasteiger partial charge < -0.3 is 19.9 Å². The van der Waals surface area contributed by atoms with E-state index in [0.717, 1.165) is 91.1 Å². The largest absolute Gasteiger partial charge is 0.507 e. The summed E-state index contributed by atoms with van der Waals surface area (Å²) >= 11 is 2.44. The zero-order valence-electron chi connectivity index (χ0n) is 17.7. The van der Waals surface area contributed by atoms with Gasteiger partial charge in [0.2, 0.25) is 0 Å². The molecule has 0 amide bonds. The van der Waals surface area contributed by atoms with E-state index in [4.69, 9.17) is 4.98 Å². The van der Waals surface area contributed by atoms with Crippen molar-refractivity contribution in [2.45, 2.75) is 25.7 Å². The van der Waals surface area contributed by atoms with Gasteiger partial charge in [-0.1, -0.05) is 22.6 Å². The molecule has 0 atom stereocenters. The van der Waals surface area contributed by atoms with Crippen LogP contribution in [0.3, 0.4) is 0 Å². The number of imidazole rings is 1. The summed E-state index contributed by atoms with van der Waals surface area (Å²) in [4.78, 5) is 15.8. The quantitative estimate of drug-likeness (QED) is 0.304. The van der Waals surface area contributed by atoms with Crippen molar-refractivity contribution in [3.05, 3.63) is 35.4 Å². The van der Waals surface area contributed by atoms with Crippen LogP contribution in [0.1, 0.15) is 24.0 Å². The van der Waals surface area contributed by atoms with Crippen LogP contribution >= 0.6 is 22.6 Å². The SMILES string of the molecule is Oc1c(-c2nc3ccc(N4CCN(CI)CC4)cc3[nH]2)cc2c3c1CCCN3CCC2. The third kappa shape index (κ3) is 3.36. The number of aromatic nitrogens is 2. The van der Waals surface area contributed by atoms with E-state index in [0.29, 0.717) is 5.75 Å². The van der Waals surface area contributed by atoms with Gasteiger partial charge >= 0.3 is 0 Å². The second-order valence-corrected chi connectivity index (χ2v) is 9.65. The van der Waals surface area contributed by atoms with Crippen molar-refractivity contribution < 1.29 is 5.11 Å². The van der Waals surface area contributed by atoms with Crippen molar-refractivity contribution in [1.82, 2.24) is 14.9 Å². The maximum Gasteiger partial charge on any atom is 0.142 e. The fourth-order valence-electron chi connectivity index (χ4n) is 5.47. The van der Waals surface area contributed by atoms with Crippen LogP contribution in [0.5, 0.6) is 5.75 Å². The van der Waals surface area contributed by atoms with E-state index >= 15 is 0 Å². The summed E-state index contributed by atoms with van der Waals surface area (Å²) in [5, 5.41) is 11.2. The van der Waals surface area contributed by atoms with Crippen molar-refractivity contribution in [2.75, 3.05) is 53.6 Å². The van der Waals surface area contributed by atoms with E-state index in [-0.39, 0.29) is 0 Å². The number of piperazine rings is 1. The highest BCUT2D eigenvalue weighted by Gasteiger charge is 2.28. The molecule has 1 fully saturated rings. The molecule has 0 saturated carbocycles. The van der Waals surface area contributed by atoms with E-state index in [9.17, 15) is 5.11 Å². The van der Waals surface area contributed by atoms with E-state index in [1.807, 2.05) is 0 Å². The molecule has 3 aromatic rings. The van der Waals surface area contributed by atoms with Crippen LogP contribution in [0, 0.1) is 0 Å². The number of nitrogens with zero attached hydrogens (tertiary/aromatic N) is 4. The number of nitrogens with one attached hydrogen (secondary N) is 1. The summed E-state index contributed by atoms with van der Waals surface area (Å²) in [6.45, 7) is 6.55. The molecule has 1 aromatic heterocycles. The number of rotatable bonds is 3. The molecule has 4 heterocycles. The van der Waals surface area contributed by atoms with Crippen LogP contribution in [-0.4, -0.2) is 63.8 Å². The average molecular weight is 529 g/mol. The molecule has 2 aromatic carbocycles. The second-order valence-electron chi connectivity index (χ2n) is 8.96. The van der Waals surface area contributed by atoms with Crippen LogP contribution in [-0.2, 0) is 12.8 Å². The Labute approximate surface area is 196 Å². The molecule has 3 aliphatic rings. The fraction of sp³-hybridized carbons (Fsp3) is 0.458. The summed E-state index contributed by atoms with van der Waals surface area (Å²) in [6.07, 6.45) is 4.33. The molecule has 6 rings (SSSR count). The Hall–Kier alpha value is -2.00. The summed E-state index contributed by atoms with van der Waals surface area (Å²) in [7, 11) is 0. The van der Waals surface area contributed by atoms with E-state index in [1.165, 1.54) is 23.4 Å². The van der Waals surface area contributed by atoms with Gasteiger partial charge in [0.25, 0.3) is 0 Å². The minimum absolute atomic E-state index is 0.416. The van der Waals surface area contributed by atoms with Crippen LogP contribution in [0.4, 0.5) is 11.4 Å². The summed E-state index contributed by atoms with van der Waals surface area (Å²) in [6, 6.07) is 8.68. The fourth-order valence-corrected chi connectivity index (χ4v) is 6.15. The number of hydrogen-bond acceptors (Lipinski definition) is 5. The van der Waals surface area contributed by atoms with Gasteiger partial charge in [-0.25, -0.2) is 4.98 Å². The van der Waals surface area contributed by atoms with Gasteiger partial charge in [0.05, 0.1) is 21.1 Å². The van der Waals surface area contributed by atoms with Gasteiger partial charge in [0, 0.05) is 56.2 Å². The number of benzene rings is 2. The van der Waals surface area contributed by atoms with Crippen LogP contribution < -0.4 is 9.80 Å². The van der Waals surface area contributed by atoms with Gasteiger partial charge in [0.15, 0.2) is 0 Å². The van der Waals surface area contributed by atoms with Crippen molar-refractivity contribution in [3.8, 4) is 17.1 Å². The summed E-state index contributed by atoms with van der Waals surface area (Å²) in [5.41, 5.74) is 7.87. The summed E-state index contributed by atoms with van der Waals surface area (Å²) in [5.74, 6) is 1.20. The highest BCUT2D eigenvalue weighted by atomic mass is 127. The number of anilines is 2. The monoisotopic (exact) mass is 529 g/mol. The Bertz CT molecular complexity index is 1130. The molecule has 1 saturated heterocycles. The number of aromatic hydroxyl groups is 1. The zero-order valence-corrected chi connectivity index (χ0v) is 19.9. The maximum absolute atomic E-state index is 11.2. The first-order valence-corrected chi connectivity index (χ1v) is 12.9. The molecule has 0 bridgehead atoms. The molecule has 7 heteroatoms. The van der Waals surface area contributed by atoms with Crippen molar-refractivity contribution in [2.24, 2.45) is 0 Å². The lowest BCUT2D eigenvalue weighted by Gasteiger charge is -2.37. The number of phenols is 1. The van der Waals surface area contributed by atoms with Gasteiger partial charge in [-0.2, -0.15) is 0 Å². The topological polar surface area (TPSA) is 58.6 Å². The third-order valence-corrected chi connectivity index (χ3v) is 8.09. The number of alkyl halides is 1.